The van der Waals surface area contributed by atoms with Crippen LogP contribution in [0.5, 0.6) is 0 Å². The molecule has 0 aliphatic carbocycles. The Labute approximate surface area is 93.0 Å². The average Bonchev–Trinajstić information content (AvgIpc) is 2.18. The van der Waals surface area contributed by atoms with Crippen LogP contribution in [-0.4, -0.2) is 29.4 Å². The van der Waals surface area contributed by atoms with Crippen LogP contribution in [0.4, 0.5) is 0 Å². The number of amides is 1. The topological polar surface area (TPSA) is 46.3 Å². The molecule has 15 heavy (non-hydrogen) atoms. The first kappa shape index (κ1) is 12.5. The number of nitrogens with two attached hydrogens (primary N) is 1. The molecule has 2 N–H and O–H groups in total. The Morgan fingerprint density at radius 3 is 2.87 bits per heavy atom. The molecule has 1 aliphatic rings. The predicted molar refractivity (Wildman–Crippen MR) is 62.5 cm³/mol. The highest BCUT2D eigenvalue weighted by atomic mass is 16.2. The van der Waals surface area contributed by atoms with Gasteiger partial charge in [-0.15, -0.1) is 0 Å². The van der Waals surface area contributed by atoms with Crippen molar-refractivity contribution in [1.29, 1.82) is 0 Å². The molecule has 1 aliphatic heterocycles. The van der Waals surface area contributed by atoms with Gasteiger partial charge in [0.25, 0.3) is 0 Å². The van der Waals surface area contributed by atoms with E-state index >= 15 is 0 Å². The Bertz CT molecular complexity index is 202. The van der Waals surface area contributed by atoms with Crippen molar-refractivity contribution in [2.45, 2.75) is 64.5 Å². The van der Waals surface area contributed by atoms with Gasteiger partial charge in [0.15, 0.2) is 0 Å². The molecule has 3 nitrogen and oxygen atoms in total. The van der Waals surface area contributed by atoms with Gasteiger partial charge in [0.2, 0.25) is 5.91 Å². The smallest absolute Gasteiger partial charge is 0.224 e. The van der Waals surface area contributed by atoms with Crippen LogP contribution in [0.3, 0.4) is 0 Å². The average molecular weight is 212 g/mol. The molecule has 0 aromatic heterocycles. The molecule has 88 valence electrons. The van der Waals surface area contributed by atoms with Gasteiger partial charge in [-0.1, -0.05) is 13.3 Å². The molecule has 0 bridgehead atoms. The van der Waals surface area contributed by atoms with Crippen LogP contribution in [-0.2, 0) is 4.79 Å². The van der Waals surface area contributed by atoms with Crippen LogP contribution in [0.15, 0.2) is 0 Å². The molecule has 2 atom stereocenters. The number of likely N-dealkylation sites (tertiary alicyclic amines) is 1. The number of carbonyl (C=O) groups excluding carboxylic acids is 1. The summed E-state index contributed by atoms with van der Waals surface area (Å²) in [6.45, 7) is 5.02. The van der Waals surface area contributed by atoms with Gasteiger partial charge in [-0.05, 0) is 32.6 Å². The van der Waals surface area contributed by atoms with E-state index in [9.17, 15) is 4.79 Å². The lowest BCUT2D eigenvalue weighted by molar-refractivity contribution is -0.135. The van der Waals surface area contributed by atoms with E-state index in [0.29, 0.717) is 12.5 Å². The lowest BCUT2D eigenvalue weighted by atomic mass is 9.97. The monoisotopic (exact) mass is 212 g/mol. The molecule has 1 saturated heterocycles. The normalized spacial score (nSPS) is 23.9. The van der Waals surface area contributed by atoms with Gasteiger partial charge in [-0.3, -0.25) is 4.79 Å². The summed E-state index contributed by atoms with van der Waals surface area (Å²) in [5.74, 6) is 0.253. The maximum absolute atomic E-state index is 11.9. The van der Waals surface area contributed by atoms with E-state index in [0.717, 1.165) is 25.8 Å². The summed E-state index contributed by atoms with van der Waals surface area (Å²) < 4.78 is 0. The number of rotatable bonds is 4. The Hall–Kier alpha value is -0.570. The Balaban J connectivity index is 2.51. The fraction of sp³-hybridized carbons (Fsp3) is 0.917. The summed E-state index contributed by atoms with van der Waals surface area (Å²) in [4.78, 5) is 14.0. The Kier molecular flexibility index (Phi) is 5.09. The van der Waals surface area contributed by atoms with E-state index in [2.05, 4.69) is 11.8 Å². The zero-order chi connectivity index (χ0) is 11.3. The lowest BCUT2D eigenvalue weighted by Crippen LogP contribution is -2.45. The van der Waals surface area contributed by atoms with Gasteiger partial charge >= 0.3 is 0 Å². The van der Waals surface area contributed by atoms with Crippen LogP contribution in [0.2, 0.25) is 0 Å². The van der Waals surface area contributed by atoms with Gasteiger partial charge < -0.3 is 10.6 Å². The van der Waals surface area contributed by atoms with Crippen LogP contribution >= 0.6 is 0 Å². The maximum Gasteiger partial charge on any atom is 0.224 e. The summed E-state index contributed by atoms with van der Waals surface area (Å²) >= 11 is 0. The van der Waals surface area contributed by atoms with Crippen LogP contribution in [0.1, 0.15) is 52.4 Å². The van der Waals surface area contributed by atoms with Crippen molar-refractivity contribution >= 4 is 5.91 Å². The third-order valence-electron chi connectivity index (χ3n) is 3.07. The van der Waals surface area contributed by atoms with Crippen molar-refractivity contribution in [3.8, 4) is 0 Å². The SMILES string of the molecule is CCCC1CCCCN1C(=O)CC(C)N. The molecule has 3 heteroatoms. The maximum atomic E-state index is 11.9. The second-order valence-corrected chi connectivity index (χ2v) is 4.71. The van der Waals surface area contributed by atoms with Crippen molar-refractivity contribution in [3.05, 3.63) is 0 Å². The summed E-state index contributed by atoms with van der Waals surface area (Å²) in [5, 5.41) is 0. The molecule has 1 heterocycles. The fourth-order valence-corrected chi connectivity index (χ4v) is 2.35. The molecular formula is C12H24N2O. The number of nitrogens with zero attached hydrogens (tertiary/aromatic N) is 1. The molecule has 1 amide bonds. The lowest BCUT2D eigenvalue weighted by Gasteiger charge is -2.36. The molecule has 1 fully saturated rings. The number of carbonyl (C=O) groups is 1. The largest absolute Gasteiger partial charge is 0.340 e. The van der Waals surface area contributed by atoms with E-state index in [1.165, 1.54) is 12.8 Å². The van der Waals surface area contributed by atoms with E-state index in [1.807, 2.05) is 6.92 Å². The standard InChI is InChI=1S/C12H24N2O/c1-3-6-11-7-4-5-8-14(11)12(15)9-10(2)13/h10-11H,3-9,13H2,1-2H3. The molecule has 0 spiro atoms. The molecule has 1 rings (SSSR count). The molecule has 0 aromatic rings. The van der Waals surface area contributed by atoms with E-state index in [4.69, 9.17) is 5.73 Å². The van der Waals surface area contributed by atoms with Crippen LogP contribution < -0.4 is 5.73 Å². The molecule has 0 saturated carbocycles. The minimum Gasteiger partial charge on any atom is -0.340 e. The summed E-state index contributed by atoms with van der Waals surface area (Å²) in [5.41, 5.74) is 5.67. The van der Waals surface area contributed by atoms with Gasteiger partial charge in [-0.25, -0.2) is 0 Å². The van der Waals surface area contributed by atoms with Crippen molar-refractivity contribution in [1.82, 2.24) is 4.90 Å². The zero-order valence-corrected chi connectivity index (χ0v) is 10.0. The summed E-state index contributed by atoms with van der Waals surface area (Å²) in [6, 6.07) is 0.469. The molecule has 0 radical (unpaired) electrons. The van der Waals surface area contributed by atoms with E-state index < -0.39 is 0 Å². The van der Waals surface area contributed by atoms with Gasteiger partial charge in [0, 0.05) is 25.0 Å². The van der Waals surface area contributed by atoms with Crippen molar-refractivity contribution in [2.24, 2.45) is 5.73 Å². The minimum absolute atomic E-state index is 0.0123. The Morgan fingerprint density at radius 2 is 2.27 bits per heavy atom. The Morgan fingerprint density at radius 1 is 1.53 bits per heavy atom. The molecule has 2 unspecified atom stereocenters. The number of hydrogen-bond donors (Lipinski definition) is 1. The van der Waals surface area contributed by atoms with Crippen molar-refractivity contribution < 1.29 is 4.79 Å². The zero-order valence-electron chi connectivity index (χ0n) is 10.0. The van der Waals surface area contributed by atoms with E-state index in [-0.39, 0.29) is 11.9 Å². The number of piperidine rings is 1. The van der Waals surface area contributed by atoms with Gasteiger partial charge in [0.1, 0.15) is 0 Å². The first-order valence-corrected chi connectivity index (χ1v) is 6.20. The number of hydrogen-bond acceptors (Lipinski definition) is 2. The van der Waals surface area contributed by atoms with Crippen molar-refractivity contribution in [2.75, 3.05) is 6.54 Å². The predicted octanol–water partition coefficient (Wildman–Crippen LogP) is 1.90. The van der Waals surface area contributed by atoms with Crippen LogP contribution in [0, 0.1) is 0 Å². The van der Waals surface area contributed by atoms with Gasteiger partial charge in [-0.2, -0.15) is 0 Å². The molecular weight excluding hydrogens is 188 g/mol. The second-order valence-electron chi connectivity index (χ2n) is 4.71. The van der Waals surface area contributed by atoms with Crippen LogP contribution in [0.25, 0.3) is 0 Å². The highest BCUT2D eigenvalue weighted by Gasteiger charge is 2.25. The minimum atomic E-state index is -0.0123. The summed E-state index contributed by atoms with van der Waals surface area (Å²) in [7, 11) is 0. The summed E-state index contributed by atoms with van der Waals surface area (Å²) in [6.07, 6.45) is 6.41. The van der Waals surface area contributed by atoms with Crippen molar-refractivity contribution in [3.63, 3.8) is 0 Å². The fourth-order valence-electron chi connectivity index (χ4n) is 2.35. The van der Waals surface area contributed by atoms with E-state index in [1.54, 1.807) is 0 Å². The third-order valence-corrected chi connectivity index (χ3v) is 3.07. The highest BCUT2D eigenvalue weighted by Crippen LogP contribution is 2.21. The second kappa shape index (κ2) is 6.11. The molecule has 0 aromatic carbocycles. The highest BCUT2D eigenvalue weighted by molar-refractivity contribution is 5.77. The quantitative estimate of drug-likeness (QED) is 0.773. The van der Waals surface area contributed by atoms with Gasteiger partial charge in [0.05, 0.1) is 0 Å². The first-order valence-electron chi connectivity index (χ1n) is 6.20. The third kappa shape index (κ3) is 3.82. The first-order chi connectivity index (χ1) is 7.15.